The molecule has 1 heterocycles. The summed E-state index contributed by atoms with van der Waals surface area (Å²) in [4.78, 5) is 11.8. The van der Waals surface area contributed by atoms with Gasteiger partial charge in [0.25, 0.3) is 0 Å². The van der Waals surface area contributed by atoms with E-state index in [9.17, 15) is 9.90 Å². The molecule has 1 aliphatic rings. The molecular formula is C12H18N2O2. The van der Waals surface area contributed by atoms with Crippen LogP contribution in [0.2, 0.25) is 0 Å². The predicted octanol–water partition coefficient (Wildman–Crippen LogP) is 1.09. The molecule has 0 aromatic carbocycles. The smallest absolute Gasteiger partial charge is 0.167 e. The van der Waals surface area contributed by atoms with Crippen molar-refractivity contribution in [3.63, 3.8) is 0 Å². The summed E-state index contributed by atoms with van der Waals surface area (Å²) in [6.45, 7) is 4.67. The molecule has 0 saturated heterocycles. The third kappa shape index (κ3) is 2.32. The zero-order valence-electron chi connectivity index (χ0n) is 9.81. The minimum absolute atomic E-state index is 0.0721. The van der Waals surface area contributed by atoms with Crippen molar-refractivity contribution in [2.24, 2.45) is 5.92 Å². The van der Waals surface area contributed by atoms with Crippen LogP contribution in [0.25, 0.3) is 0 Å². The fraction of sp³-hybridized carbons (Fsp3) is 0.667. The zero-order valence-corrected chi connectivity index (χ0v) is 9.81. The second-order valence-electron chi connectivity index (χ2n) is 4.52. The molecule has 1 atom stereocenters. The second-order valence-corrected chi connectivity index (χ2v) is 4.52. The summed E-state index contributed by atoms with van der Waals surface area (Å²) >= 11 is 0. The van der Waals surface area contributed by atoms with Gasteiger partial charge in [-0.1, -0.05) is 0 Å². The zero-order chi connectivity index (χ0) is 11.7. The number of aliphatic hydroxyl groups is 1. The molecule has 1 aromatic rings. The third-order valence-electron chi connectivity index (χ3n) is 3.04. The SMILES string of the molecule is CCn1nc(C)cc1CC(=O)C(O)C1CC1. The van der Waals surface area contributed by atoms with E-state index in [1.807, 2.05) is 24.6 Å². The van der Waals surface area contributed by atoms with E-state index in [2.05, 4.69) is 5.10 Å². The molecule has 16 heavy (non-hydrogen) atoms. The van der Waals surface area contributed by atoms with Gasteiger partial charge in [-0.25, -0.2) is 0 Å². The van der Waals surface area contributed by atoms with Gasteiger partial charge in [0.05, 0.1) is 12.1 Å². The highest BCUT2D eigenvalue weighted by molar-refractivity contribution is 5.85. The van der Waals surface area contributed by atoms with Crippen molar-refractivity contribution < 1.29 is 9.90 Å². The van der Waals surface area contributed by atoms with Crippen molar-refractivity contribution in [2.75, 3.05) is 0 Å². The molecule has 0 radical (unpaired) electrons. The van der Waals surface area contributed by atoms with Crippen LogP contribution in [-0.2, 0) is 17.8 Å². The number of hydrogen-bond donors (Lipinski definition) is 1. The van der Waals surface area contributed by atoms with Gasteiger partial charge in [-0.15, -0.1) is 0 Å². The molecule has 1 unspecified atom stereocenters. The van der Waals surface area contributed by atoms with Crippen LogP contribution >= 0.6 is 0 Å². The van der Waals surface area contributed by atoms with E-state index in [1.165, 1.54) is 0 Å². The van der Waals surface area contributed by atoms with Gasteiger partial charge in [-0.2, -0.15) is 5.10 Å². The van der Waals surface area contributed by atoms with E-state index in [4.69, 9.17) is 0 Å². The highest BCUT2D eigenvalue weighted by atomic mass is 16.3. The molecule has 4 heteroatoms. The molecule has 88 valence electrons. The standard InChI is InChI=1S/C12H18N2O2/c1-3-14-10(6-8(2)13-14)7-11(15)12(16)9-4-5-9/h6,9,12,16H,3-5,7H2,1-2H3. The van der Waals surface area contributed by atoms with Crippen LogP contribution in [0.1, 0.15) is 31.2 Å². The number of rotatable bonds is 5. The van der Waals surface area contributed by atoms with Crippen LogP contribution in [0.4, 0.5) is 0 Å². The van der Waals surface area contributed by atoms with Gasteiger partial charge in [-0.3, -0.25) is 9.48 Å². The van der Waals surface area contributed by atoms with Gasteiger partial charge in [-0.05, 0) is 38.7 Å². The van der Waals surface area contributed by atoms with Crippen molar-refractivity contribution in [1.82, 2.24) is 9.78 Å². The molecule has 4 nitrogen and oxygen atoms in total. The Balaban J connectivity index is 2.04. The quantitative estimate of drug-likeness (QED) is 0.811. The fourth-order valence-corrected chi connectivity index (χ4v) is 1.97. The maximum absolute atomic E-state index is 11.8. The lowest BCUT2D eigenvalue weighted by molar-refractivity contribution is -0.127. The Labute approximate surface area is 95.3 Å². The molecule has 0 bridgehead atoms. The first-order valence-electron chi connectivity index (χ1n) is 5.86. The Morgan fingerprint density at radius 1 is 1.69 bits per heavy atom. The maximum atomic E-state index is 11.8. The first-order valence-corrected chi connectivity index (χ1v) is 5.86. The number of carbonyl (C=O) groups excluding carboxylic acids is 1. The Morgan fingerprint density at radius 2 is 2.38 bits per heavy atom. The summed E-state index contributed by atoms with van der Waals surface area (Å²) in [5.74, 6) is 0.142. The summed E-state index contributed by atoms with van der Waals surface area (Å²) in [5.41, 5.74) is 1.83. The van der Waals surface area contributed by atoms with Crippen molar-refractivity contribution >= 4 is 5.78 Å². The van der Waals surface area contributed by atoms with Gasteiger partial charge in [0, 0.05) is 12.2 Å². The lowest BCUT2D eigenvalue weighted by Gasteiger charge is -2.08. The number of hydrogen-bond acceptors (Lipinski definition) is 3. The van der Waals surface area contributed by atoms with Crippen LogP contribution in [-0.4, -0.2) is 26.8 Å². The van der Waals surface area contributed by atoms with Gasteiger partial charge < -0.3 is 5.11 Å². The van der Waals surface area contributed by atoms with E-state index in [1.54, 1.807) is 0 Å². The molecule has 1 saturated carbocycles. The molecule has 0 spiro atoms. The Kier molecular flexibility index (Phi) is 3.10. The second kappa shape index (κ2) is 4.37. The Hall–Kier alpha value is -1.16. The highest BCUT2D eigenvalue weighted by Crippen LogP contribution is 2.33. The van der Waals surface area contributed by atoms with Crippen LogP contribution in [0.5, 0.6) is 0 Å². The first-order chi connectivity index (χ1) is 7.61. The normalized spacial score (nSPS) is 17.4. The summed E-state index contributed by atoms with van der Waals surface area (Å²) in [6, 6.07) is 1.92. The molecule has 0 aliphatic heterocycles. The lowest BCUT2D eigenvalue weighted by Crippen LogP contribution is -2.25. The Morgan fingerprint density at radius 3 is 2.94 bits per heavy atom. The molecule has 1 fully saturated rings. The van der Waals surface area contributed by atoms with Crippen LogP contribution < -0.4 is 0 Å². The van der Waals surface area contributed by atoms with E-state index in [0.717, 1.165) is 30.8 Å². The summed E-state index contributed by atoms with van der Waals surface area (Å²) in [7, 11) is 0. The van der Waals surface area contributed by atoms with Gasteiger partial charge in [0.2, 0.25) is 0 Å². The van der Waals surface area contributed by atoms with Gasteiger partial charge in [0.15, 0.2) is 5.78 Å². The average molecular weight is 222 g/mol. The monoisotopic (exact) mass is 222 g/mol. The number of Topliss-reactive ketones (excluding diaryl/α,β-unsaturated/α-hetero) is 1. The molecule has 1 N–H and O–H groups in total. The average Bonchev–Trinajstić information content (AvgIpc) is 3.03. The first kappa shape index (κ1) is 11.3. The minimum atomic E-state index is -0.763. The summed E-state index contributed by atoms with van der Waals surface area (Å²) in [6.07, 6.45) is 1.50. The van der Waals surface area contributed by atoms with Gasteiger partial charge in [0.1, 0.15) is 6.10 Å². The number of aliphatic hydroxyl groups excluding tert-OH is 1. The van der Waals surface area contributed by atoms with Crippen molar-refractivity contribution in [3.8, 4) is 0 Å². The van der Waals surface area contributed by atoms with E-state index < -0.39 is 6.10 Å². The summed E-state index contributed by atoms with van der Waals surface area (Å²) in [5, 5.41) is 14.0. The minimum Gasteiger partial charge on any atom is -0.385 e. The van der Waals surface area contributed by atoms with E-state index in [-0.39, 0.29) is 11.7 Å². The predicted molar refractivity (Wildman–Crippen MR) is 60.1 cm³/mol. The molecule has 2 rings (SSSR count). The number of carbonyl (C=O) groups is 1. The van der Waals surface area contributed by atoms with Crippen molar-refractivity contribution in [3.05, 3.63) is 17.5 Å². The highest BCUT2D eigenvalue weighted by Gasteiger charge is 2.34. The molecular weight excluding hydrogens is 204 g/mol. The van der Waals surface area contributed by atoms with Crippen LogP contribution in [0.3, 0.4) is 0 Å². The molecule has 0 amide bonds. The Bertz CT molecular complexity index is 394. The summed E-state index contributed by atoms with van der Waals surface area (Å²) < 4.78 is 1.83. The molecule has 1 aromatic heterocycles. The van der Waals surface area contributed by atoms with Crippen LogP contribution in [0.15, 0.2) is 6.07 Å². The third-order valence-corrected chi connectivity index (χ3v) is 3.04. The number of ketones is 1. The van der Waals surface area contributed by atoms with Crippen molar-refractivity contribution in [1.29, 1.82) is 0 Å². The fourth-order valence-electron chi connectivity index (χ4n) is 1.97. The van der Waals surface area contributed by atoms with Gasteiger partial charge >= 0.3 is 0 Å². The largest absolute Gasteiger partial charge is 0.385 e. The topological polar surface area (TPSA) is 55.1 Å². The molecule has 1 aliphatic carbocycles. The number of aryl methyl sites for hydroxylation is 2. The lowest BCUT2D eigenvalue weighted by atomic mass is 10.1. The maximum Gasteiger partial charge on any atom is 0.167 e. The number of aromatic nitrogens is 2. The van der Waals surface area contributed by atoms with Crippen LogP contribution in [0, 0.1) is 12.8 Å². The van der Waals surface area contributed by atoms with Crippen molar-refractivity contribution in [2.45, 2.75) is 45.8 Å². The van der Waals surface area contributed by atoms with E-state index in [0.29, 0.717) is 6.42 Å². The number of nitrogens with zero attached hydrogens (tertiary/aromatic N) is 2. The van der Waals surface area contributed by atoms with E-state index >= 15 is 0 Å².